The van der Waals surface area contributed by atoms with Crippen molar-refractivity contribution < 1.29 is 0 Å². The summed E-state index contributed by atoms with van der Waals surface area (Å²) in [7, 11) is 0. The molecule has 0 spiro atoms. The smallest absolute Gasteiger partial charge is 0.00132 e. The first kappa shape index (κ1) is 14.5. The molecule has 120 valence electrons. The average Bonchev–Trinajstić information content (AvgIpc) is 3.26. The first-order valence-electron chi connectivity index (χ1n) is 8.98. The van der Waals surface area contributed by atoms with Crippen molar-refractivity contribution >= 4 is 11.1 Å². The Labute approximate surface area is 149 Å². The molecule has 0 fully saturated rings. The molecule has 3 aromatic carbocycles. The van der Waals surface area contributed by atoms with Crippen molar-refractivity contribution in [3.05, 3.63) is 107 Å². The summed E-state index contributed by atoms with van der Waals surface area (Å²) in [6.07, 6.45) is 6.65. The molecule has 0 unspecified atom stereocenters. The van der Waals surface area contributed by atoms with Crippen LogP contribution in [0, 0.1) is 6.92 Å². The van der Waals surface area contributed by atoms with Crippen LogP contribution < -0.4 is 0 Å². The summed E-state index contributed by atoms with van der Waals surface area (Å²) >= 11 is 0. The van der Waals surface area contributed by atoms with Gasteiger partial charge >= 0.3 is 0 Å². The largest absolute Gasteiger partial charge is 0.0795 e. The molecule has 0 heterocycles. The minimum Gasteiger partial charge on any atom is -0.0795 e. The molecule has 0 radical (unpaired) electrons. The van der Waals surface area contributed by atoms with Crippen LogP contribution in [-0.4, -0.2) is 0 Å². The van der Waals surface area contributed by atoms with E-state index in [9.17, 15) is 0 Å². The third kappa shape index (κ3) is 2.29. The van der Waals surface area contributed by atoms with Crippen LogP contribution in [-0.2, 0) is 6.42 Å². The van der Waals surface area contributed by atoms with E-state index in [4.69, 9.17) is 0 Å². The zero-order valence-corrected chi connectivity index (χ0v) is 14.4. The first-order chi connectivity index (χ1) is 12.3. The van der Waals surface area contributed by atoms with E-state index >= 15 is 0 Å². The molecule has 2 aliphatic carbocycles. The zero-order valence-electron chi connectivity index (χ0n) is 14.4. The van der Waals surface area contributed by atoms with Crippen molar-refractivity contribution in [1.29, 1.82) is 0 Å². The summed E-state index contributed by atoms with van der Waals surface area (Å²) in [4.78, 5) is 0. The van der Waals surface area contributed by atoms with E-state index in [0.717, 1.165) is 12.8 Å². The molecule has 2 aliphatic rings. The minimum absolute atomic E-state index is 1.02. The van der Waals surface area contributed by atoms with Crippen molar-refractivity contribution in [1.82, 2.24) is 0 Å². The van der Waals surface area contributed by atoms with Crippen molar-refractivity contribution in [3.8, 4) is 11.1 Å². The van der Waals surface area contributed by atoms with Gasteiger partial charge in [0.1, 0.15) is 0 Å². The molecule has 0 atom stereocenters. The summed E-state index contributed by atoms with van der Waals surface area (Å²) in [5, 5.41) is 0. The summed E-state index contributed by atoms with van der Waals surface area (Å²) in [5.74, 6) is 0. The van der Waals surface area contributed by atoms with Gasteiger partial charge in [-0.15, -0.1) is 0 Å². The molecule has 0 heteroatoms. The van der Waals surface area contributed by atoms with Gasteiger partial charge < -0.3 is 0 Å². The van der Waals surface area contributed by atoms with E-state index in [1.807, 2.05) is 0 Å². The number of aryl methyl sites for hydroxylation is 1. The summed E-state index contributed by atoms with van der Waals surface area (Å²) in [5.41, 5.74) is 12.7. The van der Waals surface area contributed by atoms with Crippen LogP contribution in [0.25, 0.3) is 22.3 Å². The highest BCUT2D eigenvalue weighted by atomic mass is 14.3. The normalized spacial score (nSPS) is 14.8. The van der Waals surface area contributed by atoms with Crippen molar-refractivity contribution in [3.63, 3.8) is 0 Å². The van der Waals surface area contributed by atoms with E-state index in [2.05, 4.69) is 85.8 Å². The molecule has 0 aliphatic heterocycles. The van der Waals surface area contributed by atoms with E-state index in [0.29, 0.717) is 0 Å². The number of fused-ring (bicyclic) bond motifs is 3. The lowest BCUT2D eigenvalue weighted by Crippen LogP contribution is -1.92. The van der Waals surface area contributed by atoms with Crippen molar-refractivity contribution in [2.45, 2.75) is 19.8 Å². The van der Waals surface area contributed by atoms with Crippen LogP contribution in [0.4, 0.5) is 0 Å². The SMILES string of the molecule is Cc1ccc2c(c1)-c1c(cccc1C1=C(c3ccccc3)C=CC1)C2. The van der Waals surface area contributed by atoms with Gasteiger partial charge in [0, 0.05) is 0 Å². The average molecular weight is 320 g/mol. The van der Waals surface area contributed by atoms with Gasteiger partial charge in [-0.25, -0.2) is 0 Å². The predicted octanol–water partition coefficient (Wildman–Crippen LogP) is 6.44. The van der Waals surface area contributed by atoms with Crippen molar-refractivity contribution in [2.75, 3.05) is 0 Å². The van der Waals surface area contributed by atoms with Gasteiger partial charge in [0.25, 0.3) is 0 Å². The Hall–Kier alpha value is -2.86. The Kier molecular flexibility index (Phi) is 3.24. The number of hydrogen-bond acceptors (Lipinski definition) is 0. The maximum atomic E-state index is 2.36. The highest BCUT2D eigenvalue weighted by Gasteiger charge is 2.24. The van der Waals surface area contributed by atoms with E-state index < -0.39 is 0 Å². The second-order valence-corrected chi connectivity index (χ2v) is 7.04. The molecule has 0 bridgehead atoms. The van der Waals surface area contributed by atoms with Crippen LogP contribution in [0.15, 0.2) is 78.9 Å². The molecular formula is C25H20. The third-order valence-electron chi connectivity index (χ3n) is 5.41. The van der Waals surface area contributed by atoms with E-state index in [1.165, 1.54) is 50.1 Å². The van der Waals surface area contributed by atoms with Crippen LogP contribution in [0.3, 0.4) is 0 Å². The predicted molar refractivity (Wildman–Crippen MR) is 106 cm³/mol. The highest BCUT2D eigenvalue weighted by molar-refractivity contribution is 6.03. The molecule has 0 amide bonds. The molecule has 5 rings (SSSR count). The van der Waals surface area contributed by atoms with Gasteiger partial charge in [0.2, 0.25) is 0 Å². The Morgan fingerprint density at radius 3 is 2.52 bits per heavy atom. The second kappa shape index (κ2) is 5.60. The monoisotopic (exact) mass is 320 g/mol. The maximum Gasteiger partial charge on any atom is -0.00132 e. The van der Waals surface area contributed by atoms with E-state index in [1.54, 1.807) is 0 Å². The van der Waals surface area contributed by atoms with Gasteiger partial charge in [-0.05, 0) is 64.3 Å². The lowest BCUT2D eigenvalue weighted by Gasteiger charge is -2.14. The zero-order chi connectivity index (χ0) is 16.8. The Bertz CT molecular complexity index is 1030. The molecule has 0 nitrogen and oxygen atoms in total. The fourth-order valence-corrected chi connectivity index (χ4v) is 4.25. The van der Waals surface area contributed by atoms with Crippen LogP contribution >= 0.6 is 0 Å². The van der Waals surface area contributed by atoms with Gasteiger partial charge in [0.15, 0.2) is 0 Å². The lowest BCUT2D eigenvalue weighted by atomic mass is 9.90. The van der Waals surface area contributed by atoms with Crippen LogP contribution in [0.2, 0.25) is 0 Å². The highest BCUT2D eigenvalue weighted by Crippen LogP contribution is 2.45. The van der Waals surface area contributed by atoms with Gasteiger partial charge in [-0.1, -0.05) is 84.4 Å². The van der Waals surface area contributed by atoms with Gasteiger partial charge in [0.05, 0.1) is 0 Å². The lowest BCUT2D eigenvalue weighted by molar-refractivity contribution is 1.25. The standard InChI is InChI=1S/C25H20/c1-17-13-14-19-16-20-9-5-12-23(25(20)24(19)15-17)22-11-6-10-21(22)18-7-3-2-4-8-18/h2-10,12-15H,11,16H2,1H3. The van der Waals surface area contributed by atoms with Gasteiger partial charge in [-0.3, -0.25) is 0 Å². The van der Waals surface area contributed by atoms with Crippen molar-refractivity contribution in [2.24, 2.45) is 0 Å². The number of hydrogen-bond donors (Lipinski definition) is 0. The Balaban J connectivity index is 1.75. The molecule has 0 saturated carbocycles. The number of allylic oxidation sites excluding steroid dienone is 4. The fourth-order valence-electron chi connectivity index (χ4n) is 4.25. The number of benzene rings is 3. The Morgan fingerprint density at radius 1 is 0.760 bits per heavy atom. The molecule has 0 aromatic heterocycles. The minimum atomic E-state index is 1.02. The molecule has 3 aromatic rings. The Morgan fingerprint density at radius 2 is 1.64 bits per heavy atom. The number of rotatable bonds is 2. The van der Waals surface area contributed by atoms with Gasteiger partial charge in [-0.2, -0.15) is 0 Å². The fraction of sp³-hybridized carbons (Fsp3) is 0.120. The molecule has 0 N–H and O–H groups in total. The van der Waals surface area contributed by atoms with Crippen LogP contribution in [0.5, 0.6) is 0 Å². The molecule has 25 heavy (non-hydrogen) atoms. The van der Waals surface area contributed by atoms with E-state index in [-0.39, 0.29) is 0 Å². The first-order valence-corrected chi connectivity index (χ1v) is 8.98. The summed E-state index contributed by atoms with van der Waals surface area (Å²) in [6, 6.07) is 24.5. The summed E-state index contributed by atoms with van der Waals surface area (Å²) < 4.78 is 0. The topological polar surface area (TPSA) is 0 Å². The molecular weight excluding hydrogens is 300 g/mol. The summed E-state index contributed by atoms with van der Waals surface area (Å²) in [6.45, 7) is 2.19. The third-order valence-corrected chi connectivity index (χ3v) is 5.41. The molecule has 0 saturated heterocycles. The second-order valence-electron chi connectivity index (χ2n) is 7.04. The quantitative estimate of drug-likeness (QED) is 0.399. The van der Waals surface area contributed by atoms with Crippen LogP contribution in [0.1, 0.15) is 34.2 Å². The maximum absolute atomic E-state index is 2.36.